The van der Waals surface area contributed by atoms with Gasteiger partial charge in [-0.25, -0.2) is 9.98 Å². The van der Waals surface area contributed by atoms with Crippen molar-refractivity contribution in [2.75, 3.05) is 39.9 Å². The molecule has 1 aromatic heterocycles. The second-order valence-corrected chi connectivity index (χ2v) is 5.68. The maximum absolute atomic E-state index is 5.19. The van der Waals surface area contributed by atoms with Gasteiger partial charge in [-0.2, -0.15) is 5.10 Å². The van der Waals surface area contributed by atoms with Crippen molar-refractivity contribution in [1.82, 2.24) is 30.3 Å². The van der Waals surface area contributed by atoms with E-state index in [1.807, 2.05) is 7.05 Å². The highest BCUT2D eigenvalue weighted by Crippen LogP contribution is 2.25. The van der Waals surface area contributed by atoms with Gasteiger partial charge in [0.05, 0.1) is 6.61 Å². The van der Waals surface area contributed by atoms with E-state index in [2.05, 4.69) is 37.5 Å². The minimum absolute atomic E-state index is 0.516. The number of guanidine groups is 1. The first kappa shape index (κ1) is 17.7. The lowest BCUT2D eigenvalue weighted by Crippen LogP contribution is -2.42. The Balaban J connectivity index is 1.78. The molecule has 0 amide bonds. The molecule has 0 atom stereocenters. The summed E-state index contributed by atoms with van der Waals surface area (Å²) in [4.78, 5) is 11.2. The summed E-state index contributed by atoms with van der Waals surface area (Å²) in [6, 6.07) is 0.741. The largest absolute Gasteiger partial charge is 0.383 e. The van der Waals surface area contributed by atoms with Crippen molar-refractivity contribution in [3.05, 3.63) is 12.2 Å². The SMILES string of the molecule is CCNC(=NCc1ncnn1C)NCCN(CCOC)C1CC1. The lowest BCUT2D eigenvalue weighted by Gasteiger charge is -2.22. The highest BCUT2D eigenvalue weighted by Gasteiger charge is 2.28. The Morgan fingerprint density at radius 3 is 2.87 bits per heavy atom. The van der Waals surface area contributed by atoms with Crippen molar-refractivity contribution in [2.24, 2.45) is 12.0 Å². The average molecular weight is 323 g/mol. The van der Waals surface area contributed by atoms with Crippen LogP contribution in [0.4, 0.5) is 0 Å². The molecule has 0 aliphatic heterocycles. The molecule has 8 heteroatoms. The normalized spacial score (nSPS) is 15.2. The number of hydrogen-bond acceptors (Lipinski definition) is 5. The van der Waals surface area contributed by atoms with E-state index in [0.717, 1.165) is 50.6 Å². The molecule has 0 spiro atoms. The Bertz CT molecular complexity index is 484. The minimum atomic E-state index is 0.516. The molecule has 0 radical (unpaired) electrons. The van der Waals surface area contributed by atoms with Gasteiger partial charge >= 0.3 is 0 Å². The Kier molecular flexibility index (Phi) is 7.28. The number of nitrogens with zero attached hydrogens (tertiary/aromatic N) is 5. The van der Waals surface area contributed by atoms with E-state index in [1.54, 1.807) is 18.1 Å². The Morgan fingerprint density at radius 2 is 2.26 bits per heavy atom. The summed E-state index contributed by atoms with van der Waals surface area (Å²) in [6.07, 6.45) is 4.17. The Hall–Kier alpha value is -1.67. The van der Waals surface area contributed by atoms with Crippen molar-refractivity contribution >= 4 is 5.96 Å². The van der Waals surface area contributed by atoms with Crippen LogP contribution in [-0.2, 0) is 18.3 Å². The molecule has 0 bridgehead atoms. The number of nitrogens with one attached hydrogen (secondary N) is 2. The van der Waals surface area contributed by atoms with Gasteiger partial charge in [-0.15, -0.1) is 0 Å². The third-order valence-electron chi connectivity index (χ3n) is 3.87. The smallest absolute Gasteiger partial charge is 0.191 e. The lowest BCUT2D eigenvalue weighted by molar-refractivity contribution is 0.144. The maximum atomic E-state index is 5.19. The molecule has 1 fully saturated rings. The predicted molar refractivity (Wildman–Crippen MR) is 90.3 cm³/mol. The molecule has 0 aromatic carbocycles. The van der Waals surface area contributed by atoms with Crippen LogP contribution in [0.15, 0.2) is 11.3 Å². The van der Waals surface area contributed by atoms with E-state index in [-0.39, 0.29) is 0 Å². The standard InChI is InChI=1S/C15H29N7O/c1-4-16-15(18-11-14-19-12-20-21(14)2)17-7-8-22(9-10-23-3)13-5-6-13/h12-13H,4-11H2,1-3H3,(H2,16,17,18). The Labute approximate surface area is 138 Å². The van der Waals surface area contributed by atoms with E-state index in [0.29, 0.717) is 6.54 Å². The molecule has 2 N–H and O–H groups in total. The first-order chi connectivity index (χ1) is 11.2. The number of aryl methyl sites for hydroxylation is 1. The summed E-state index contributed by atoms with van der Waals surface area (Å²) in [5, 5.41) is 10.7. The average Bonchev–Trinajstić information content (AvgIpc) is 3.31. The Morgan fingerprint density at radius 1 is 1.43 bits per heavy atom. The fourth-order valence-corrected chi connectivity index (χ4v) is 2.40. The number of ether oxygens (including phenoxy) is 1. The van der Waals surface area contributed by atoms with Gasteiger partial charge in [0, 0.05) is 46.4 Å². The highest BCUT2D eigenvalue weighted by atomic mass is 16.5. The van der Waals surface area contributed by atoms with Crippen LogP contribution in [0.5, 0.6) is 0 Å². The monoisotopic (exact) mass is 323 g/mol. The van der Waals surface area contributed by atoms with Crippen molar-refractivity contribution < 1.29 is 4.74 Å². The van der Waals surface area contributed by atoms with Gasteiger partial charge in [-0.1, -0.05) is 0 Å². The summed E-state index contributed by atoms with van der Waals surface area (Å²) in [6.45, 7) is 7.07. The summed E-state index contributed by atoms with van der Waals surface area (Å²) in [5.74, 6) is 1.67. The molecular formula is C15H29N7O. The first-order valence-electron chi connectivity index (χ1n) is 8.32. The van der Waals surface area contributed by atoms with Gasteiger partial charge < -0.3 is 15.4 Å². The van der Waals surface area contributed by atoms with Crippen LogP contribution in [0.1, 0.15) is 25.6 Å². The maximum Gasteiger partial charge on any atom is 0.191 e. The van der Waals surface area contributed by atoms with Crippen LogP contribution in [0.3, 0.4) is 0 Å². The zero-order valence-corrected chi connectivity index (χ0v) is 14.5. The second-order valence-electron chi connectivity index (χ2n) is 5.68. The molecule has 1 saturated carbocycles. The van der Waals surface area contributed by atoms with Crippen LogP contribution in [0.2, 0.25) is 0 Å². The molecular weight excluding hydrogens is 294 g/mol. The van der Waals surface area contributed by atoms with Crippen LogP contribution in [0.25, 0.3) is 0 Å². The van der Waals surface area contributed by atoms with E-state index < -0.39 is 0 Å². The quantitative estimate of drug-likeness (QED) is 0.465. The van der Waals surface area contributed by atoms with Crippen molar-refractivity contribution in [2.45, 2.75) is 32.4 Å². The second kappa shape index (κ2) is 9.46. The van der Waals surface area contributed by atoms with E-state index in [1.165, 1.54) is 12.8 Å². The topological polar surface area (TPSA) is 79.6 Å². The zero-order valence-electron chi connectivity index (χ0n) is 14.5. The molecule has 23 heavy (non-hydrogen) atoms. The predicted octanol–water partition coefficient (Wildman–Crippen LogP) is -0.0190. The first-order valence-corrected chi connectivity index (χ1v) is 8.32. The highest BCUT2D eigenvalue weighted by molar-refractivity contribution is 5.79. The van der Waals surface area contributed by atoms with Gasteiger partial charge in [0.15, 0.2) is 5.96 Å². The van der Waals surface area contributed by atoms with Crippen LogP contribution in [0, 0.1) is 0 Å². The summed E-state index contributed by atoms with van der Waals surface area (Å²) >= 11 is 0. The van der Waals surface area contributed by atoms with Gasteiger partial charge in [-0.05, 0) is 19.8 Å². The molecule has 2 rings (SSSR count). The van der Waals surface area contributed by atoms with Crippen LogP contribution >= 0.6 is 0 Å². The van der Waals surface area contributed by atoms with E-state index in [4.69, 9.17) is 4.74 Å². The van der Waals surface area contributed by atoms with Gasteiger partial charge in [0.2, 0.25) is 0 Å². The molecule has 0 unspecified atom stereocenters. The summed E-state index contributed by atoms with van der Waals surface area (Å²) < 4.78 is 6.94. The number of aromatic nitrogens is 3. The van der Waals surface area contributed by atoms with Crippen molar-refractivity contribution in [3.8, 4) is 0 Å². The summed E-state index contributed by atoms with van der Waals surface area (Å²) in [7, 11) is 3.63. The van der Waals surface area contributed by atoms with Crippen molar-refractivity contribution in [1.29, 1.82) is 0 Å². The van der Waals surface area contributed by atoms with Crippen LogP contribution in [-0.4, -0.2) is 71.6 Å². The van der Waals surface area contributed by atoms with Gasteiger partial charge in [0.1, 0.15) is 18.7 Å². The third kappa shape index (κ3) is 6.15. The molecule has 1 heterocycles. The van der Waals surface area contributed by atoms with E-state index >= 15 is 0 Å². The molecule has 130 valence electrons. The minimum Gasteiger partial charge on any atom is -0.383 e. The van der Waals surface area contributed by atoms with Crippen LogP contribution < -0.4 is 10.6 Å². The summed E-state index contributed by atoms with van der Waals surface area (Å²) in [5.41, 5.74) is 0. The molecule has 8 nitrogen and oxygen atoms in total. The third-order valence-corrected chi connectivity index (χ3v) is 3.87. The lowest BCUT2D eigenvalue weighted by atomic mass is 10.4. The van der Waals surface area contributed by atoms with Crippen molar-refractivity contribution in [3.63, 3.8) is 0 Å². The van der Waals surface area contributed by atoms with Gasteiger partial charge in [0.25, 0.3) is 0 Å². The van der Waals surface area contributed by atoms with E-state index in [9.17, 15) is 0 Å². The fraction of sp³-hybridized carbons (Fsp3) is 0.800. The molecule has 1 aliphatic rings. The van der Waals surface area contributed by atoms with Gasteiger partial charge in [-0.3, -0.25) is 9.58 Å². The zero-order chi connectivity index (χ0) is 16.5. The number of hydrogen-bond donors (Lipinski definition) is 2. The molecule has 0 saturated heterocycles. The molecule has 1 aromatic rings. The number of methoxy groups -OCH3 is 1. The fourth-order valence-electron chi connectivity index (χ4n) is 2.40. The molecule has 1 aliphatic carbocycles. The number of rotatable bonds is 10. The number of aliphatic imine (C=N–C) groups is 1.